The first-order valence-electron chi connectivity index (χ1n) is 5.08. The highest BCUT2D eigenvalue weighted by atomic mass is 79.9. The molecule has 1 aromatic heterocycles. The summed E-state index contributed by atoms with van der Waals surface area (Å²) in [6.07, 6.45) is -0.703. The van der Waals surface area contributed by atoms with Gasteiger partial charge in [-0.2, -0.15) is 0 Å². The van der Waals surface area contributed by atoms with Crippen molar-refractivity contribution in [3.05, 3.63) is 57.5 Å². The van der Waals surface area contributed by atoms with Crippen LogP contribution >= 0.6 is 15.9 Å². The van der Waals surface area contributed by atoms with Crippen molar-refractivity contribution in [3.63, 3.8) is 0 Å². The van der Waals surface area contributed by atoms with Crippen LogP contribution in [-0.4, -0.2) is 5.11 Å². The quantitative estimate of drug-likeness (QED) is 0.909. The monoisotopic (exact) mass is 280 g/mol. The van der Waals surface area contributed by atoms with Crippen LogP contribution in [0.5, 0.6) is 0 Å². The number of aliphatic hydroxyl groups is 1. The average molecular weight is 281 g/mol. The zero-order valence-electron chi connectivity index (χ0n) is 9.20. The fraction of sp³-hybridized carbons (Fsp3) is 0.231. The van der Waals surface area contributed by atoms with Crippen LogP contribution in [-0.2, 0) is 0 Å². The van der Waals surface area contributed by atoms with E-state index >= 15 is 0 Å². The van der Waals surface area contributed by atoms with Crippen molar-refractivity contribution < 1.29 is 9.52 Å². The molecular formula is C13H13BrO2. The topological polar surface area (TPSA) is 33.4 Å². The predicted octanol–water partition coefficient (Wildman–Crippen LogP) is 3.74. The number of benzene rings is 1. The molecule has 0 saturated carbocycles. The highest BCUT2D eigenvalue weighted by Gasteiger charge is 2.14. The second kappa shape index (κ2) is 4.44. The van der Waals surface area contributed by atoms with Crippen LogP contribution in [0.25, 0.3) is 0 Å². The average Bonchev–Trinajstić information content (AvgIpc) is 2.68. The molecule has 3 heteroatoms. The highest BCUT2D eigenvalue weighted by molar-refractivity contribution is 9.10. The zero-order valence-corrected chi connectivity index (χ0v) is 10.8. The van der Waals surface area contributed by atoms with E-state index in [2.05, 4.69) is 22.9 Å². The third-order valence-electron chi connectivity index (χ3n) is 2.71. The fourth-order valence-corrected chi connectivity index (χ4v) is 1.89. The molecule has 1 heterocycles. The van der Waals surface area contributed by atoms with Gasteiger partial charge in [-0.3, -0.25) is 0 Å². The molecule has 1 N–H and O–H groups in total. The van der Waals surface area contributed by atoms with Gasteiger partial charge < -0.3 is 9.52 Å². The van der Waals surface area contributed by atoms with E-state index in [0.717, 1.165) is 5.56 Å². The molecule has 1 atom stereocenters. The molecule has 0 aliphatic rings. The molecule has 0 radical (unpaired) electrons. The Morgan fingerprint density at radius 3 is 2.44 bits per heavy atom. The molecule has 1 unspecified atom stereocenters. The number of aliphatic hydroxyl groups excluding tert-OH is 1. The summed E-state index contributed by atoms with van der Waals surface area (Å²) in [5.41, 5.74) is 3.24. The Labute approximate surface area is 103 Å². The molecule has 0 aliphatic carbocycles. The van der Waals surface area contributed by atoms with E-state index in [1.165, 1.54) is 11.1 Å². The van der Waals surface area contributed by atoms with Gasteiger partial charge in [-0.25, -0.2) is 0 Å². The van der Waals surface area contributed by atoms with E-state index in [-0.39, 0.29) is 0 Å². The first kappa shape index (κ1) is 11.4. The van der Waals surface area contributed by atoms with Gasteiger partial charge in [0, 0.05) is 0 Å². The largest absolute Gasteiger partial charge is 0.451 e. The van der Waals surface area contributed by atoms with Crippen molar-refractivity contribution in [2.75, 3.05) is 0 Å². The normalized spacial score (nSPS) is 12.8. The summed E-state index contributed by atoms with van der Waals surface area (Å²) >= 11 is 3.22. The van der Waals surface area contributed by atoms with Gasteiger partial charge >= 0.3 is 0 Å². The lowest BCUT2D eigenvalue weighted by atomic mass is 10.0. The molecule has 0 saturated heterocycles. The van der Waals surface area contributed by atoms with Crippen LogP contribution in [0.15, 0.2) is 39.4 Å². The fourth-order valence-electron chi connectivity index (χ4n) is 1.57. The Morgan fingerprint density at radius 2 is 1.88 bits per heavy atom. The Kier molecular flexibility index (Phi) is 3.17. The molecule has 0 aliphatic heterocycles. The number of rotatable bonds is 2. The van der Waals surface area contributed by atoms with Gasteiger partial charge in [0.2, 0.25) is 0 Å². The van der Waals surface area contributed by atoms with Crippen LogP contribution < -0.4 is 0 Å². The third kappa shape index (κ3) is 2.20. The molecule has 2 aromatic rings. The SMILES string of the molecule is Cc1ccc(C(O)c2ccc(Br)o2)cc1C. The summed E-state index contributed by atoms with van der Waals surface area (Å²) in [5, 5.41) is 10.1. The van der Waals surface area contributed by atoms with E-state index < -0.39 is 6.10 Å². The van der Waals surface area contributed by atoms with Gasteiger partial charge in [-0.05, 0) is 58.6 Å². The summed E-state index contributed by atoms with van der Waals surface area (Å²) in [7, 11) is 0. The van der Waals surface area contributed by atoms with Gasteiger partial charge in [0.1, 0.15) is 11.9 Å². The summed E-state index contributed by atoms with van der Waals surface area (Å²) in [6.45, 7) is 4.08. The molecule has 1 aromatic carbocycles. The summed E-state index contributed by atoms with van der Waals surface area (Å²) in [6, 6.07) is 9.45. The number of hydrogen-bond acceptors (Lipinski definition) is 2. The maximum atomic E-state index is 10.1. The zero-order chi connectivity index (χ0) is 11.7. The molecular weight excluding hydrogens is 268 g/mol. The Bertz CT molecular complexity index is 502. The number of halogens is 1. The van der Waals surface area contributed by atoms with Gasteiger partial charge in [0.05, 0.1) is 0 Å². The van der Waals surface area contributed by atoms with Gasteiger partial charge in [-0.15, -0.1) is 0 Å². The maximum absolute atomic E-state index is 10.1. The van der Waals surface area contributed by atoms with Crippen molar-refractivity contribution in [2.45, 2.75) is 20.0 Å². The molecule has 2 nitrogen and oxygen atoms in total. The predicted molar refractivity (Wildman–Crippen MR) is 66.4 cm³/mol. The van der Waals surface area contributed by atoms with Crippen molar-refractivity contribution in [1.29, 1.82) is 0 Å². The summed E-state index contributed by atoms with van der Waals surface area (Å²) < 4.78 is 5.97. The Balaban J connectivity index is 2.33. The lowest BCUT2D eigenvalue weighted by Gasteiger charge is -2.10. The molecule has 0 bridgehead atoms. The number of hydrogen-bond donors (Lipinski definition) is 1. The maximum Gasteiger partial charge on any atom is 0.169 e. The number of aryl methyl sites for hydroxylation is 2. The third-order valence-corrected chi connectivity index (χ3v) is 3.14. The van der Waals surface area contributed by atoms with E-state index in [9.17, 15) is 5.11 Å². The first-order valence-corrected chi connectivity index (χ1v) is 5.87. The smallest absolute Gasteiger partial charge is 0.169 e. The van der Waals surface area contributed by atoms with Crippen LogP contribution in [0.3, 0.4) is 0 Å². The molecule has 0 fully saturated rings. The minimum absolute atomic E-state index is 0.551. The standard InChI is InChI=1S/C13H13BrO2/c1-8-3-4-10(7-9(8)2)13(15)11-5-6-12(14)16-11/h3-7,13,15H,1-2H3. The van der Waals surface area contributed by atoms with Crippen LogP contribution in [0.4, 0.5) is 0 Å². The first-order chi connectivity index (χ1) is 7.58. The minimum atomic E-state index is -0.703. The van der Waals surface area contributed by atoms with E-state index in [0.29, 0.717) is 10.4 Å². The molecule has 2 rings (SSSR count). The van der Waals surface area contributed by atoms with Crippen LogP contribution in [0, 0.1) is 13.8 Å². The van der Waals surface area contributed by atoms with Crippen LogP contribution in [0.2, 0.25) is 0 Å². The Hall–Kier alpha value is -1.06. The van der Waals surface area contributed by atoms with Crippen molar-refractivity contribution in [2.24, 2.45) is 0 Å². The van der Waals surface area contributed by atoms with E-state index in [4.69, 9.17) is 4.42 Å². The Morgan fingerprint density at radius 1 is 1.12 bits per heavy atom. The summed E-state index contributed by atoms with van der Waals surface area (Å²) in [5.74, 6) is 0.551. The van der Waals surface area contributed by atoms with Crippen molar-refractivity contribution in [3.8, 4) is 0 Å². The van der Waals surface area contributed by atoms with E-state index in [1.54, 1.807) is 12.1 Å². The number of furan rings is 1. The summed E-state index contributed by atoms with van der Waals surface area (Å²) in [4.78, 5) is 0. The van der Waals surface area contributed by atoms with Gasteiger partial charge in [0.15, 0.2) is 4.67 Å². The van der Waals surface area contributed by atoms with E-state index in [1.807, 2.05) is 25.1 Å². The second-order valence-corrected chi connectivity index (χ2v) is 4.67. The molecule has 16 heavy (non-hydrogen) atoms. The minimum Gasteiger partial charge on any atom is -0.451 e. The van der Waals surface area contributed by atoms with Crippen molar-refractivity contribution >= 4 is 15.9 Å². The molecule has 0 amide bonds. The van der Waals surface area contributed by atoms with Gasteiger partial charge in [0.25, 0.3) is 0 Å². The van der Waals surface area contributed by atoms with Gasteiger partial charge in [-0.1, -0.05) is 18.2 Å². The lowest BCUT2D eigenvalue weighted by molar-refractivity contribution is 0.187. The molecule has 84 valence electrons. The second-order valence-electron chi connectivity index (χ2n) is 3.89. The lowest BCUT2D eigenvalue weighted by Crippen LogP contribution is -1.98. The van der Waals surface area contributed by atoms with Crippen LogP contribution in [0.1, 0.15) is 28.6 Å². The molecule has 0 spiro atoms. The van der Waals surface area contributed by atoms with Crippen molar-refractivity contribution in [1.82, 2.24) is 0 Å². The highest BCUT2D eigenvalue weighted by Crippen LogP contribution is 2.26.